The molecule has 2 aliphatic rings. The molecule has 0 unspecified atom stereocenters. The van der Waals surface area contributed by atoms with E-state index in [0.717, 1.165) is 45.1 Å². The maximum Gasteiger partial charge on any atom is 0.264 e. The number of anilines is 1. The first-order valence-electron chi connectivity index (χ1n) is 15.4. The Hall–Kier alpha value is -4.82. The number of likely N-dealkylation sites (tertiary alicyclic amines) is 1. The van der Waals surface area contributed by atoms with Crippen LogP contribution in [-0.2, 0) is 11.3 Å². The topological polar surface area (TPSA) is 126 Å². The Morgan fingerprint density at radius 2 is 1.93 bits per heavy atom. The summed E-state index contributed by atoms with van der Waals surface area (Å²) in [6.07, 6.45) is 8.94. The lowest BCUT2D eigenvalue weighted by Gasteiger charge is -2.30. The Labute approximate surface area is 261 Å². The minimum atomic E-state index is -0.529. The number of para-hydroxylation sites is 1. The van der Waals surface area contributed by atoms with Crippen molar-refractivity contribution in [2.45, 2.75) is 51.1 Å². The molecule has 45 heavy (non-hydrogen) atoms. The number of halogens is 1. The van der Waals surface area contributed by atoms with Crippen LogP contribution in [0.2, 0.25) is 0 Å². The Balaban J connectivity index is 1.29. The van der Waals surface area contributed by atoms with E-state index in [4.69, 9.17) is 15.6 Å². The van der Waals surface area contributed by atoms with Crippen molar-refractivity contribution < 1.29 is 13.9 Å². The van der Waals surface area contributed by atoms with Crippen molar-refractivity contribution in [1.29, 1.82) is 5.26 Å². The number of nitrogens with zero attached hydrogens (tertiary/aromatic N) is 7. The second-order valence-corrected chi connectivity index (χ2v) is 12.3. The number of hydrogen-bond acceptors (Lipinski definition) is 8. The molecule has 1 aliphatic carbocycles. The second-order valence-electron chi connectivity index (χ2n) is 12.3. The number of hydrogen-bond donors (Lipinski definition) is 1. The van der Waals surface area contributed by atoms with E-state index in [1.807, 2.05) is 38.4 Å². The highest BCUT2D eigenvalue weighted by molar-refractivity contribution is 5.99. The lowest BCUT2D eigenvalue weighted by atomic mass is 9.83. The van der Waals surface area contributed by atoms with Crippen LogP contribution in [0.1, 0.15) is 38.5 Å². The molecule has 10 nitrogen and oxygen atoms in total. The maximum atomic E-state index is 15.6. The lowest BCUT2D eigenvalue weighted by Crippen LogP contribution is -2.39. The van der Waals surface area contributed by atoms with Gasteiger partial charge in [-0.1, -0.05) is 37.1 Å². The van der Waals surface area contributed by atoms with E-state index in [0.29, 0.717) is 41.3 Å². The highest BCUT2D eigenvalue weighted by Gasteiger charge is 2.37. The van der Waals surface area contributed by atoms with Crippen molar-refractivity contribution >= 4 is 22.8 Å². The van der Waals surface area contributed by atoms with Gasteiger partial charge in [0.15, 0.2) is 5.65 Å². The molecule has 0 spiro atoms. The van der Waals surface area contributed by atoms with Crippen LogP contribution in [-0.4, -0.2) is 68.7 Å². The minimum absolute atomic E-state index is 0.174. The first-order valence-corrected chi connectivity index (χ1v) is 15.4. The fraction of sp³-hybridized carbons (Fsp3) is 0.382. The van der Waals surface area contributed by atoms with Gasteiger partial charge in [-0.05, 0) is 64.0 Å². The zero-order chi connectivity index (χ0) is 31.6. The van der Waals surface area contributed by atoms with E-state index < -0.39 is 5.82 Å². The van der Waals surface area contributed by atoms with Gasteiger partial charge in [0.25, 0.3) is 5.91 Å². The Bertz CT molecular complexity index is 1770. The van der Waals surface area contributed by atoms with E-state index in [-0.39, 0.29) is 34.3 Å². The number of aromatic nitrogens is 4. The van der Waals surface area contributed by atoms with Crippen LogP contribution < -0.4 is 10.5 Å². The molecular formula is C34H37FN8O2. The van der Waals surface area contributed by atoms with Crippen LogP contribution in [0.4, 0.5) is 10.2 Å². The molecule has 6 rings (SSSR count). The smallest absolute Gasteiger partial charge is 0.264 e. The van der Waals surface area contributed by atoms with Gasteiger partial charge in [-0.25, -0.2) is 19.0 Å². The number of nitriles is 1. The molecule has 2 fully saturated rings. The van der Waals surface area contributed by atoms with Gasteiger partial charge < -0.3 is 20.3 Å². The van der Waals surface area contributed by atoms with Crippen molar-refractivity contribution in [2.75, 3.05) is 32.9 Å². The molecule has 4 aromatic rings. The van der Waals surface area contributed by atoms with Crippen molar-refractivity contribution in [2.24, 2.45) is 5.41 Å². The number of carbonyl (C=O) groups is 1. The third-order valence-corrected chi connectivity index (χ3v) is 8.79. The molecular weight excluding hydrogens is 571 g/mol. The average Bonchev–Trinajstić information content (AvgIpc) is 3.76. The molecule has 2 aromatic carbocycles. The van der Waals surface area contributed by atoms with Crippen LogP contribution in [0.5, 0.6) is 11.5 Å². The molecule has 1 saturated heterocycles. The summed E-state index contributed by atoms with van der Waals surface area (Å²) < 4.78 is 23.1. The van der Waals surface area contributed by atoms with Crippen LogP contribution in [0.3, 0.4) is 0 Å². The summed E-state index contributed by atoms with van der Waals surface area (Å²) in [6.45, 7) is 1.66. The van der Waals surface area contributed by atoms with Gasteiger partial charge in [0, 0.05) is 30.1 Å². The molecule has 232 valence electrons. The van der Waals surface area contributed by atoms with Gasteiger partial charge in [-0.15, -0.1) is 0 Å². The average molecular weight is 609 g/mol. The zero-order valence-corrected chi connectivity index (χ0v) is 25.6. The Morgan fingerprint density at radius 3 is 2.64 bits per heavy atom. The first-order chi connectivity index (χ1) is 21.8. The monoisotopic (exact) mass is 608 g/mol. The molecule has 0 radical (unpaired) electrons. The molecule has 1 saturated carbocycles. The van der Waals surface area contributed by atoms with Gasteiger partial charge in [0.05, 0.1) is 18.0 Å². The summed E-state index contributed by atoms with van der Waals surface area (Å²) in [4.78, 5) is 26.3. The van der Waals surface area contributed by atoms with E-state index in [1.54, 1.807) is 33.8 Å². The van der Waals surface area contributed by atoms with Crippen molar-refractivity contribution in [3.63, 3.8) is 0 Å². The predicted molar refractivity (Wildman–Crippen MR) is 170 cm³/mol. The van der Waals surface area contributed by atoms with E-state index in [9.17, 15) is 10.1 Å². The third-order valence-electron chi connectivity index (χ3n) is 8.79. The highest BCUT2D eigenvalue weighted by Crippen LogP contribution is 2.41. The number of amides is 1. The van der Waals surface area contributed by atoms with Crippen LogP contribution in [0.15, 0.2) is 66.5 Å². The number of fused-ring (bicyclic) bond motifs is 1. The van der Waals surface area contributed by atoms with Gasteiger partial charge in [-0.3, -0.25) is 4.79 Å². The van der Waals surface area contributed by atoms with Gasteiger partial charge in [0.1, 0.15) is 46.8 Å². The summed E-state index contributed by atoms with van der Waals surface area (Å²) >= 11 is 0. The molecule has 2 N–H and O–H groups in total. The molecule has 0 bridgehead atoms. The predicted octanol–water partition coefficient (Wildman–Crippen LogP) is 5.57. The van der Waals surface area contributed by atoms with Gasteiger partial charge in [0.2, 0.25) is 0 Å². The summed E-state index contributed by atoms with van der Waals surface area (Å²) in [6, 6.07) is 15.7. The van der Waals surface area contributed by atoms with Gasteiger partial charge in [-0.2, -0.15) is 10.4 Å². The molecule has 3 heterocycles. The van der Waals surface area contributed by atoms with Crippen LogP contribution in [0.25, 0.3) is 22.3 Å². The number of benzene rings is 2. The normalized spacial score (nSPS) is 18.1. The van der Waals surface area contributed by atoms with Crippen LogP contribution in [0, 0.1) is 22.6 Å². The summed E-state index contributed by atoms with van der Waals surface area (Å²) in [5.41, 5.74) is 7.31. The lowest BCUT2D eigenvalue weighted by molar-refractivity contribution is -0.127. The SMILES string of the molecule is CN(C)CC1(C=C(C#N)C(=O)N2CCC[C@@H]2Cn2nc(-c3ccc(Oc4ccccc4)cc3F)c3c(N)ncnc32)CCCC1. The fourth-order valence-corrected chi connectivity index (χ4v) is 6.87. The third kappa shape index (κ3) is 6.24. The summed E-state index contributed by atoms with van der Waals surface area (Å²) in [7, 11) is 4.05. The van der Waals surface area contributed by atoms with Gasteiger partial charge >= 0.3 is 0 Å². The van der Waals surface area contributed by atoms with Crippen molar-refractivity contribution in [3.05, 3.63) is 72.3 Å². The molecule has 1 amide bonds. The molecule has 2 aromatic heterocycles. The van der Waals surface area contributed by atoms with Crippen molar-refractivity contribution in [1.82, 2.24) is 29.5 Å². The molecule has 1 aliphatic heterocycles. The standard InChI is InChI=1S/C34H37FN8O2/c1-41(2)21-34(14-6-7-15-34)18-23(19-36)33(44)42-16-8-9-24(42)20-43-32-29(31(37)38-22-39-32)30(40-43)27-13-12-26(17-28(27)35)45-25-10-4-3-5-11-25/h3-5,10-13,17-18,22,24H,6-9,14-16,20-21H2,1-2H3,(H2,37,38,39)/t24-/m1/s1. The largest absolute Gasteiger partial charge is 0.457 e. The summed E-state index contributed by atoms with van der Waals surface area (Å²) in [5, 5.41) is 15.3. The number of carbonyl (C=O) groups excluding carboxylic acids is 1. The number of ether oxygens (including phenoxy) is 1. The van der Waals surface area contributed by atoms with E-state index in [1.165, 1.54) is 12.4 Å². The second kappa shape index (κ2) is 12.7. The minimum Gasteiger partial charge on any atom is -0.457 e. The fourth-order valence-electron chi connectivity index (χ4n) is 6.87. The zero-order valence-electron chi connectivity index (χ0n) is 25.6. The quantitative estimate of drug-likeness (QED) is 0.193. The highest BCUT2D eigenvalue weighted by atomic mass is 19.1. The Morgan fingerprint density at radius 1 is 1.16 bits per heavy atom. The number of rotatable bonds is 9. The van der Waals surface area contributed by atoms with Crippen LogP contribution >= 0.6 is 0 Å². The molecule has 11 heteroatoms. The number of nitrogens with two attached hydrogens (primary N) is 1. The van der Waals surface area contributed by atoms with E-state index >= 15 is 4.39 Å². The summed E-state index contributed by atoms with van der Waals surface area (Å²) in [5.74, 6) is 0.344. The Kier molecular flexibility index (Phi) is 8.50. The van der Waals surface area contributed by atoms with E-state index in [2.05, 4.69) is 20.9 Å². The first kappa shape index (κ1) is 30.2. The van der Waals surface area contributed by atoms with Crippen molar-refractivity contribution in [3.8, 4) is 28.8 Å². The number of nitrogen functional groups attached to an aromatic ring is 1. The maximum absolute atomic E-state index is 15.6. The molecule has 1 atom stereocenters.